The first-order valence-corrected chi connectivity index (χ1v) is 5.27. The molecule has 0 aliphatic rings. The predicted molar refractivity (Wildman–Crippen MR) is 62.9 cm³/mol. The predicted octanol–water partition coefficient (Wildman–Crippen LogP) is -0.0393. The number of carbonyl (C=O) groups is 2. The molecule has 2 unspecified atom stereocenters. The van der Waals surface area contributed by atoms with Crippen molar-refractivity contribution in [1.29, 1.82) is 0 Å². The van der Waals surface area contributed by atoms with Crippen LogP contribution in [-0.2, 0) is 9.53 Å². The zero-order valence-corrected chi connectivity index (χ0v) is 10.4. The number of hydrogen-bond acceptors (Lipinski definition) is 6. The number of carboxylic acid groups (broad SMARTS) is 1. The number of hydrogen-bond donors (Lipinski definition) is 3. The summed E-state index contributed by atoms with van der Waals surface area (Å²) in [5.41, 5.74) is -0.118. The molecule has 0 aliphatic carbocycles. The first-order chi connectivity index (χ1) is 8.92. The molecule has 0 saturated heterocycles. The molecular formula is C12H14O7. The number of carbonyl (C=O) groups excluding carboxylic acids is 1. The molecule has 0 bridgehead atoms. The number of aliphatic hydroxyl groups is 2. The Balaban J connectivity index is 3.11. The highest BCUT2D eigenvalue weighted by Gasteiger charge is 2.27. The van der Waals surface area contributed by atoms with Crippen LogP contribution in [0.25, 0.3) is 0 Å². The van der Waals surface area contributed by atoms with E-state index in [1.54, 1.807) is 0 Å². The second-order valence-corrected chi connectivity index (χ2v) is 3.68. The number of rotatable bonds is 5. The van der Waals surface area contributed by atoms with E-state index in [2.05, 4.69) is 4.74 Å². The van der Waals surface area contributed by atoms with Gasteiger partial charge in [-0.05, 0) is 17.7 Å². The number of methoxy groups -OCH3 is 2. The van der Waals surface area contributed by atoms with Gasteiger partial charge >= 0.3 is 11.9 Å². The summed E-state index contributed by atoms with van der Waals surface area (Å²) in [5.74, 6) is -2.16. The smallest absolute Gasteiger partial charge is 0.339 e. The molecule has 2 atom stereocenters. The fraction of sp³-hybridized carbons (Fsp3) is 0.333. The highest BCUT2D eigenvalue weighted by atomic mass is 16.5. The highest BCUT2D eigenvalue weighted by Crippen LogP contribution is 2.25. The average Bonchev–Trinajstić information content (AvgIpc) is 2.43. The van der Waals surface area contributed by atoms with Gasteiger partial charge < -0.3 is 24.8 Å². The van der Waals surface area contributed by atoms with Crippen LogP contribution >= 0.6 is 0 Å². The van der Waals surface area contributed by atoms with Gasteiger partial charge in [-0.1, -0.05) is 6.07 Å². The Morgan fingerprint density at radius 2 is 1.84 bits per heavy atom. The third-order valence-corrected chi connectivity index (χ3v) is 2.54. The van der Waals surface area contributed by atoms with Crippen LogP contribution in [0.2, 0.25) is 0 Å². The molecule has 0 aromatic heterocycles. The molecule has 1 rings (SSSR count). The van der Waals surface area contributed by atoms with Gasteiger partial charge in [0.25, 0.3) is 0 Å². The Morgan fingerprint density at radius 3 is 2.32 bits per heavy atom. The molecule has 0 spiro atoms. The molecule has 104 valence electrons. The maximum absolute atomic E-state index is 11.1. The van der Waals surface area contributed by atoms with Gasteiger partial charge in [-0.3, -0.25) is 0 Å². The SMILES string of the molecule is COC(=O)C(O)C(O)c1ccc(OC)c(C(=O)O)c1. The Hall–Kier alpha value is -2.12. The summed E-state index contributed by atoms with van der Waals surface area (Å²) in [6.45, 7) is 0. The quantitative estimate of drug-likeness (QED) is 0.643. The molecule has 0 saturated carbocycles. The van der Waals surface area contributed by atoms with E-state index in [0.717, 1.165) is 13.2 Å². The summed E-state index contributed by atoms with van der Waals surface area (Å²) in [6, 6.07) is 3.80. The second kappa shape index (κ2) is 6.17. The number of ether oxygens (including phenoxy) is 2. The van der Waals surface area contributed by atoms with E-state index >= 15 is 0 Å². The molecule has 0 heterocycles. The van der Waals surface area contributed by atoms with Crippen LogP contribution in [0.1, 0.15) is 22.0 Å². The van der Waals surface area contributed by atoms with Crippen molar-refractivity contribution in [3.05, 3.63) is 29.3 Å². The largest absolute Gasteiger partial charge is 0.496 e. The Labute approximate surface area is 109 Å². The summed E-state index contributed by atoms with van der Waals surface area (Å²) >= 11 is 0. The fourth-order valence-electron chi connectivity index (χ4n) is 1.51. The van der Waals surface area contributed by atoms with Crippen LogP contribution < -0.4 is 4.74 Å². The van der Waals surface area contributed by atoms with Gasteiger partial charge in [-0.25, -0.2) is 9.59 Å². The molecule has 19 heavy (non-hydrogen) atoms. The number of carboxylic acids is 1. The van der Waals surface area contributed by atoms with Crippen LogP contribution in [0.3, 0.4) is 0 Å². The fourth-order valence-corrected chi connectivity index (χ4v) is 1.51. The van der Waals surface area contributed by atoms with E-state index in [0.29, 0.717) is 0 Å². The molecule has 0 amide bonds. The zero-order valence-electron chi connectivity index (χ0n) is 10.4. The van der Waals surface area contributed by atoms with Crippen LogP contribution in [-0.4, -0.2) is 47.6 Å². The minimum atomic E-state index is -1.79. The van der Waals surface area contributed by atoms with Gasteiger partial charge in [0.1, 0.15) is 17.4 Å². The summed E-state index contributed by atoms with van der Waals surface area (Å²) < 4.78 is 9.14. The molecule has 7 heteroatoms. The lowest BCUT2D eigenvalue weighted by molar-refractivity contribution is -0.156. The maximum atomic E-state index is 11.1. The molecule has 7 nitrogen and oxygen atoms in total. The number of benzene rings is 1. The van der Waals surface area contributed by atoms with Crippen molar-refractivity contribution in [2.75, 3.05) is 14.2 Å². The van der Waals surface area contributed by atoms with Gasteiger partial charge in [0.05, 0.1) is 14.2 Å². The minimum Gasteiger partial charge on any atom is -0.496 e. The van der Waals surface area contributed by atoms with Gasteiger partial charge in [-0.2, -0.15) is 0 Å². The number of aliphatic hydroxyl groups excluding tert-OH is 2. The van der Waals surface area contributed by atoms with Crippen LogP contribution in [0, 0.1) is 0 Å². The Morgan fingerprint density at radius 1 is 1.21 bits per heavy atom. The van der Waals surface area contributed by atoms with Crippen LogP contribution in [0.5, 0.6) is 5.75 Å². The molecule has 0 radical (unpaired) electrons. The van der Waals surface area contributed by atoms with Crippen molar-refractivity contribution >= 4 is 11.9 Å². The lowest BCUT2D eigenvalue weighted by Crippen LogP contribution is -2.29. The summed E-state index contributed by atoms with van der Waals surface area (Å²) in [4.78, 5) is 22.1. The van der Waals surface area contributed by atoms with Crippen molar-refractivity contribution in [3.63, 3.8) is 0 Å². The standard InChI is InChI=1S/C12H14O7/c1-18-8-4-3-6(5-7(8)11(15)16)9(13)10(14)12(17)19-2/h3-5,9-10,13-14H,1-2H3,(H,15,16). The molecule has 1 aromatic rings. The number of esters is 1. The lowest BCUT2D eigenvalue weighted by atomic mass is 10.0. The van der Waals surface area contributed by atoms with E-state index in [1.165, 1.54) is 19.2 Å². The minimum absolute atomic E-state index is 0.0658. The lowest BCUT2D eigenvalue weighted by Gasteiger charge is -2.17. The molecular weight excluding hydrogens is 256 g/mol. The summed E-state index contributed by atoms with van der Waals surface area (Å²) in [6.07, 6.45) is -3.38. The third kappa shape index (κ3) is 3.21. The van der Waals surface area contributed by atoms with E-state index in [-0.39, 0.29) is 16.9 Å². The van der Waals surface area contributed by atoms with Gasteiger partial charge in [-0.15, -0.1) is 0 Å². The highest BCUT2D eigenvalue weighted by molar-refractivity contribution is 5.91. The van der Waals surface area contributed by atoms with Crippen molar-refractivity contribution < 1.29 is 34.4 Å². The van der Waals surface area contributed by atoms with Crippen molar-refractivity contribution in [2.45, 2.75) is 12.2 Å². The second-order valence-electron chi connectivity index (χ2n) is 3.68. The van der Waals surface area contributed by atoms with E-state index < -0.39 is 24.1 Å². The maximum Gasteiger partial charge on any atom is 0.339 e. The van der Waals surface area contributed by atoms with Gasteiger partial charge in [0.15, 0.2) is 6.10 Å². The van der Waals surface area contributed by atoms with E-state index in [4.69, 9.17) is 9.84 Å². The van der Waals surface area contributed by atoms with E-state index in [1.807, 2.05) is 0 Å². The first kappa shape index (κ1) is 14.9. The first-order valence-electron chi connectivity index (χ1n) is 5.27. The van der Waals surface area contributed by atoms with Crippen molar-refractivity contribution in [3.8, 4) is 5.75 Å². The van der Waals surface area contributed by atoms with Crippen LogP contribution in [0.4, 0.5) is 0 Å². The van der Waals surface area contributed by atoms with Crippen LogP contribution in [0.15, 0.2) is 18.2 Å². The Bertz CT molecular complexity index is 483. The molecule has 0 fully saturated rings. The van der Waals surface area contributed by atoms with Gasteiger partial charge in [0.2, 0.25) is 0 Å². The normalized spacial score (nSPS) is 13.5. The molecule has 3 N–H and O–H groups in total. The zero-order chi connectivity index (χ0) is 14.6. The Kier molecular flexibility index (Phi) is 4.85. The third-order valence-electron chi connectivity index (χ3n) is 2.54. The van der Waals surface area contributed by atoms with Crippen molar-refractivity contribution in [2.24, 2.45) is 0 Å². The molecule has 1 aromatic carbocycles. The number of aromatic carboxylic acids is 1. The van der Waals surface area contributed by atoms with Gasteiger partial charge in [0, 0.05) is 0 Å². The van der Waals surface area contributed by atoms with E-state index in [9.17, 15) is 19.8 Å². The summed E-state index contributed by atoms with van der Waals surface area (Å²) in [5, 5.41) is 28.2. The average molecular weight is 270 g/mol. The van der Waals surface area contributed by atoms with Crippen molar-refractivity contribution in [1.82, 2.24) is 0 Å². The monoisotopic (exact) mass is 270 g/mol. The summed E-state index contributed by atoms with van der Waals surface area (Å²) in [7, 11) is 2.37. The molecule has 0 aliphatic heterocycles. The topological polar surface area (TPSA) is 113 Å².